The first kappa shape index (κ1) is 16.4. The van der Waals surface area contributed by atoms with Crippen molar-refractivity contribution < 1.29 is 9.53 Å². The number of nitrogens with one attached hydrogen (secondary N) is 2. The van der Waals surface area contributed by atoms with Crippen molar-refractivity contribution in [2.75, 3.05) is 20.3 Å². The maximum Gasteiger partial charge on any atom is 0.236 e. The van der Waals surface area contributed by atoms with E-state index in [1.165, 1.54) is 19.3 Å². The number of hydrogen-bond acceptors (Lipinski definition) is 3. The zero-order chi connectivity index (χ0) is 13.1. The van der Waals surface area contributed by atoms with Crippen molar-refractivity contribution in [3.63, 3.8) is 0 Å². The lowest BCUT2D eigenvalue weighted by atomic mass is 10.1. The lowest BCUT2D eigenvalue weighted by Gasteiger charge is -2.19. The lowest BCUT2D eigenvalue weighted by Crippen LogP contribution is -2.46. The molecule has 0 aromatic heterocycles. The quantitative estimate of drug-likeness (QED) is 0.575. The molecular weight excluding hydrogens is 216 g/mol. The highest BCUT2D eigenvalue weighted by Gasteiger charge is 2.14. The highest BCUT2D eigenvalue weighted by molar-refractivity contribution is 5.81. The number of hydrogen-bond donors (Lipinski definition) is 2. The van der Waals surface area contributed by atoms with Crippen LogP contribution in [0.3, 0.4) is 0 Å². The summed E-state index contributed by atoms with van der Waals surface area (Å²) in [6.07, 6.45) is 4.85. The highest BCUT2D eigenvalue weighted by atomic mass is 16.5. The molecule has 2 atom stereocenters. The van der Waals surface area contributed by atoms with Crippen LogP contribution >= 0.6 is 0 Å². The summed E-state index contributed by atoms with van der Waals surface area (Å²) >= 11 is 0. The summed E-state index contributed by atoms with van der Waals surface area (Å²) in [5, 5.41) is 6.14. The molecule has 17 heavy (non-hydrogen) atoms. The van der Waals surface area contributed by atoms with Crippen LogP contribution in [0, 0.1) is 0 Å². The number of methoxy groups -OCH3 is 1. The van der Waals surface area contributed by atoms with E-state index in [1.54, 1.807) is 7.11 Å². The van der Waals surface area contributed by atoms with Crippen LogP contribution in [0.2, 0.25) is 0 Å². The molecule has 0 aromatic carbocycles. The first-order valence-electron chi connectivity index (χ1n) is 6.64. The molecule has 102 valence electrons. The molecule has 4 heteroatoms. The van der Waals surface area contributed by atoms with Crippen LogP contribution in [-0.2, 0) is 9.53 Å². The Morgan fingerprint density at radius 3 is 2.59 bits per heavy atom. The van der Waals surface area contributed by atoms with E-state index in [4.69, 9.17) is 4.74 Å². The summed E-state index contributed by atoms with van der Waals surface area (Å²) in [4.78, 5) is 11.7. The molecule has 0 rings (SSSR count). The predicted octanol–water partition coefficient (Wildman–Crippen LogP) is 1.70. The van der Waals surface area contributed by atoms with Crippen molar-refractivity contribution in [2.45, 2.75) is 58.5 Å². The zero-order valence-corrected chi connectivity index (χ0v) is 11.7. The van der Waals surface area contributed by atoms with E-state index in [9.17, 15) is 4.79 Å². The van der Waals surface area contributed by atoms with Crippen LogP contribution in [0.15, 0.2) is 0 Å². The normalized spacial score (nSPS) is 14.4. The Balaban J connectivity index is 3.66. The van der Waals surface area contributed by atoms with E-state index in [0.29, 0.717) is 19.2 Å². The Kier molecular flexibility index (Phi) is 10.2. The second kappa shape index (κ2) is 10.5. The van der Waals surface area contributed by atoms with E-state index in [0.717, 1.165) is 6.42 Å². The maximum absolute atomic E-state index is 11.7. The molecule has 0 aliphatic carbocycles. The van der Waals surface area contributed by atoms with Crippen molar-refractivity contribution in [1.82, 2.24) is 10.6 Å². The molecule has 0 spiro atoms. The minimum Gasteiger partial charge on any atom is -0.383 e. The Morgan fingerprint density at radius 1 is 1.29 bits per heavy atom. The van der Waals surface area contributed by atoms with Crippen molar-refractivity contribution >= 4 is 5.91 Å². The third-order valence-electron chi connectivity index (χ3n) is 2.77. The highest BCUT2D eigenvalue weighted by Crippen LogP contribution is 2.03. The fraction of sp³-hybridized carbons (Fsp3) is 0.923. The second-order valence-corrected chi connectivity index (χ2v) is 4.57. The fourth-order valence-corrected chi connectivity index (χ4v) is 1.72. The minimum atomic E-state index is -0.136. The Bertz CT molecular complexity index is 198. The second-order valence-electron chi connectivity index (χ2n) is 4.57. The Morgan fingerprint density at radius 2 is 2.00 bits per heavy atom. The van der Waals surface area contributed by atoms with Gasteiger partial charge in [-0.25, -0.2) is 0 Å². The van der Waals surface area contributed by atoms with Crippen molar-refractivity contribution in [2.24, 2.45) is 0 Å². The van der Waals surface area contributed by atoms with E-state index in [1.807, 2.05) is 6.92 Å². The van der Waals surface area contributed by atoms with Gasteiger partial charge in [0.2, 0.25) is 5.91 Å². The predicted molar refractivity (Wildman–Crippen MR) is 71.1 cm³/mol. The number of unbranched alkanes of at least 4 members (excludes halogenated alkanes) is 2. The summed E-state index contributed by atoms with van der Waals surface area (Å²) in [6.45, 7) is 7.37. The van der Waals surface area contributed by atoms with Gasteiger partial charge < -0.3 is 15.4 Å². The van der Waals surface area contributed by atoms with Gasteiger partial charge in [0.1, 0.15) is 0 Å². The smallest absolute Gasteiger partial charge is 0.236 e. The summed E-state index contributed by atoms with van der Waals surface area (Å²) in [7, 11) is 1.63. The summed E-state index contributed by atoms with van der Waals surface area (Å²) < 4.78 is 4.88. The fourth-order valence-electron chi connectivity index (χ4n) is 1.72. The molecule has 0 saturated carbocycles. The van der Waals surface area contributed by atoms with E-state index >= 15 is 0 Å². The molecule has 1 amide bonds. The van der Waals surface area contributed by atoms with Gasteiger partial charge in [0.05, 0.1) is 12.6 Å². The van der Waals surface area contributed by atoms with Crippen molar-refractivity contribution in [3.8, 4) is 0 Å². The number of rotatable bonds is 10. The van der Waals surface area contributed by atoms with Gasteiger partial charge in [-0.3, -0.25) is 4.79 Å². The van der Waals surface area contributed by atoms with Crippen LogP contribution in [0.4, 0.5) is 0 Å². The average Bonchev–Trinajstić information content (AvgIpc) is 2.29. The summed E-state index contributed by atoms with van der Waals surface area (Å²) in [6, 6.07) is 0.258. The van der Waals surface area contributed by atoms with Crippen LogP contribution < -0.4 is 10.6 Å². The molecule has 0 bridgehead atoms. The monoisotopic (exact) mass is 244 g/mol. The van der Waals surface area contributed by atoms with Crippen LogP contribution in [0.25, 0.3) is 0 Å². The van der Waals surface area contributed by atoms with E-state index in [2.05, 4.69) is 24.5 Å². The topological polar surface area (TPSA) is 50.4 Å². The molecule has 0 fully saturated rings. The number of carbonyl (C=O) groups is 1. The number of amides is 1. The largest absolute Gasteiger partial charge is 0.383 e. The number of ether oxygens (including phenoxy) is 1. The molecule has 0 aliphatic heterocycles. The van der Waals surface area contributed by atoms with Crippen LogP contribution in [0.1, 0.15) is 46.5 Å². The third-order valence-corrected chi connectivity index (χ3v) is 2.77. The molecule has 2 N–H and O–H groups in total. The van der Waals surface area contributed by atoms with Gasteiger partial charge in [-0.1, -0.05) is 26.2 Å². The Labute approximate surface area is 105 Å². The van der Waals surface area contributed by atoms with Gasteiger partial charge in [-0.15, -0.1) is 0 Å². The van der Waals surface area contributed by atoms with Gasteiger partial charge in [-0.05, 0) is 20.3 Å². The molecular formula is C13H28N2O2. The standard InChI is InChI=1S/C13H28N2O2/c1-5-6-7-8-11(2)15-12(3)13(16)14-9-10-17-4/h11-12,15H,5-10H2,1-4H3,(H,14,16). The van der Waals surface area contributed by atoms with Crippen LogP contribution in [0.5, 0.6) is 0 Å². The molecule has 0 aromatic rings. The van der Waals surface area contributed by atoms with E-state index < -0.39 is 0 Å². The molecule has 4 nitrogen and oxygen atoms in total. The maximum atomic E-state index is 11.7. The molecule has 0 aliphatic rings. The molecule has 0 radical (unpaired) electrons. The SMILES string of the molecule is CCCCCC(C)NC(C)C(=O)NCCOC. The molecule has 0 saturated heterocycles. The first-order valence-corrected chi connectivity index (χ1v) is 6.64. The van der Waals surface area contributed by atoms with Gasteiger partial charge in [0, 0.05) is 19.7 Å². The molecule has 2 unspecified atom stereocenters. The van der Waals surface area contributed by atoms with Gasteiger partial charge in [-0.2, -0.15) is 0 Å². The average molecular weight is 244 g/mol. The van der Waals surface area contributed by atoms with Gasteiger partial charge in [0.15, 0.2) is 0 Å². The van der Waals surface area contributed by atoms with Gasteiger partial charge >= 0.3 is 0 Å². The first-order chi connectivity index (χ1) is 8.11. The zero-order valence-electron chi connectivity index (χ0n) is 11.7. The van der Waals surface area contributed by atoms with Crippen LogP contribution in [-0.4, -0.2) is 38.3 Å². The lowest BCUT2D eigenvalue weighted by molar-refractivity contribution is -0.123. The third kappa shape index (κ3) is 9.12. The van der Waals surface area contributed by atoms with E-state index in [-0.39, 0.29) is 11.9 Å². The minimum absolute atomic E-state index is 0.0457. The van der Waals surface area contributed by atoms with Gasteiger partial charge in [0.25, 0.3) is 0 Å². The van der Waals surface area contributed by atoms with Crippen molar-refractivity contribution in [3.05, 3.63) is 0 Å². The van der Waals surface area contributed by atoms with Crippen molar-refractivity contribution in [1.29, 1.82) is 0 Å². The number of carbonyl (C=O) groups excluding carboxylic acids is 1. The summed E-state index contributed by atoms with van der Waals surface area (Å²) in [5.41, 5.74) is 0. The molecule has 0 heterocycles. The Hall–Kier alpha value is -0.610. The summed E-state index contributed by atoms with van der Waals surface area (Å²) in [5.74, 6) is 0.0457.